The summed E-state index contributed by atoms with van der Waals surface area (Å²) in [5, 5.41) is 1.32. The highest BCUT2D eigenvalue weighted by molar-refractivity contribution is 5.93. The molecule has 6 heteroatoms. The molecule has 0 radical (unpaired) electrons. The lowest BCUT2D eigenvalue weighted by Crippen LogP contribution is -2.53. The highest BCUT2D eigenvalue weighted by atomic mass is 16.5. The number of hydrogen-bond donors (Lipinski definition) is 1. The van der Waals surface area contributed by atoms with Gasteiger partial charge in [0.2, 0.25) is 0 Å². The van der Waals surface area contributed by atoms with Crippen LogP contribution in [0.3, 0.4) is 0 Å². The Morgan fingerprint density at radius 1 is 0.889 bits per heavy atom. The number of ether oxygens (including phenoxy) is 2. The number of H-pyrrole nitrogens is 1. The van der Waals surface area contributed by atoms with Crippen LogP contribution in [0.2, 0.25) is 0 Å². The SMILES string of the molecule is CCN1CCN(C2CCN(c3ccc4[nH]c(-c5ccc(OC)c(OC)c5)c(C(C)C)c4c3)CC2)CC1. The molecular weight excluding hydrogens is 448 g/mol. The van der Waals surface area contributed by atoms with Crippen molar-refractivity contribution in [1.82, 2.24) is 14.8 Å². The monoisotopic (exact) mass is 490 g/mol. The third-order valence-electron chi connectivity index (χ3n) is 8.27. The minimum atomic E-state index is 0.393. The number of piperazine rings is 1. The van der Waals surface area contributed by atoms with Gasteiger partial charge in [-0.2, -0.15) is 0 Å². The summed E-state index contributed by atoms with van der Waals surface area (Å²) >= 11 is 0. The van der Waals surface area contributed by atoms with E-state index in [0.717, 1.165) is 36.2 Å². The number of nitrogens with zero attached hydrogens (tertiary/aromatic N) is 3. The molecule has 0 amide bonds. The molecule has 3 aromatic rings. The second kappa shape index (κ2) is 10.7. The Balaban J connectivity index is 1.37. The molecule has 2 saturated heterocycles. The zero-order valence-corrected chi connectivity index (χ0v) is 22.6. The molecule has 0 aliphatic carbocycles. The first-order valence-corrected chi connectivity index (χ1v) is 13.6. The minimum Gasteiger partial charge on any atom is -0.493 e. The molecule has 2 aliphatic rings. The second-order valence-electron chi connectivity index (χ2n) is 10.6. The number of aromatic amines is 1. The van der Waals surface area contributed by atoms with Crippen LogP contribution in [-0.4, -0.2) is 80.9 Å². The lowest BCUT2D eigenvalue weighted by molar-refractivity contribution is 0.0878. The summed E-state index contributed by atoms with van der Waals surface area (Å²) in [6, 6.07) is 13.9. The maximum atomic E-state index is 5.58. The van der Waals surface area contributed by atoms with Gasteiger partial charge in [-0.1, -0.05) is 20.8 Å². The van der Waals surface area contributed by atoms with Gasteiger partial charge in [-0.25, -0.2) is 0 Å². The first kappa shape index (κ1) is 25.0. The van der Waals surface area contributed by atoms with Crippen molar-refractivity contribution in [3.63, 3.8) is 0 Å². The van der Waals surface area contributed by atoms with Gasteiger partial charge in [0, 0.05) is 67.5 Å². The number of piperidine rings is 1. The summed E-state index contributed by atoms with van der Waals surface area (Å²) in [4.78, 5) is 11.6. The molecule has 0 unspecified atom stereocenters. The highest BCUT2D eigenvalue weighted by Crippen LogP contribution is 2.40. The fourth-order valence-corrected chi connectivity index (χ4v) is 6.15. The third-order valence-corrected chi connectivity index (χ3v) is 8.27. The number of hydrogen-bond acceptors (Lipinski definition) is 5. The number of nitrogens with one attached hydrogen (secondary N) is 1. The molecule has 0 bridgehead atoms. The Bertz CT molecular complexity index is 1170. The first-order chi connectivity index (χ1) is 17.5. The Morgan fingerprint density at radius 3 is 2.25 bits per heavy atom. The quantitative estimate of drug-likeness (QED) is 0.468. The molecular formula is C30H42N4O2. The summed E-state index contributed by atoms with van der Waals surface area (Å²) in [6.07, 6.45) is 2.51. The predicted octanol–water partition coefficient (Wildman–Crippen LogP) is 5.58. The van der Waals surface area contributed by atoms with E-state index < -0.39 is 0 Å². The van der Waals surface area contributed by atoms with E-state index in [4.69, 9.17) is 9.47 Å². The molecule has 1 N–H and O–H groups in total. The van der Waals surface area contributed by atoms with Crippen LogP contribution in [0.25, 0.3) is 22.2 Å². The number of fused-ring (bicyclic) bond motifs is 1. The van der Waals surface area contributed by atoms with Crippen molar-refractivity contribution in [3.8, 4) is 22.8 Å². The van der Waals surface area contributed by atoms with Crippen LogP contribution >= 0.6 is 0 Å². The summed E-state index contributed by atoms with van der Waals surface area (Å²) in [7, 11) is 3.37. The zero-order valence-electron chi connectivity index (χ0n) is 22.6. The van der Waals surface area contributed by atoms with Gasteiger partial charge in [0.05, 0.1) is 19.9 Å². The van der Waals surface area contributed by atoms with E-state index in [9.17, 15) is 0 Å². The van der Waals surface area contributed by atoms with E-state index in [2.05, 4.69) is 70.8 Å². The molecule has 194 valence electrons. The number of rotatable bonds is 7. The Morgan fingerprint density at radius 2 is 1.61 bits per heavy atom. The topological polar surface area (TPSA) is 44.0 Å². The van der Waals surface area contributed by atoms with E-state index in [1.807, 2.05) is 6.07 Å². The molecule has 2 fully saturated rings. The molecule has 2 aliphatic heterocycles. The minimum absolute atomic E-state index is 0.393. The molecule has 5 rings (SSSR count). The van der Waals surface area contributed by atoms with Gasteiger partial charge < -0.3 is 24.3 Å². The molecule has 0 atom stereocenters. The standard InChI is InChI=1S/C30H42N4O2/c1-6-32-15-17-34(18-16-32)23-11-13-33(14-12-23)24-8-9-26-25(20-24)29(21(2)3)30(31-26)22-7-10-27(35-4)28(19-22)36-5/h7-10,19-21,23,31H,6,11-18H2,1-5H3. The van der Waals surface area contributed by atoms with Crippen LogP contribution in [0.15, 0.2) is 36.4 Å². The number of aromatic nitrogens is 1. The van der Waals surface area contributed by atoms with Crippen LogP contribution in [0, 0.1) is 0 Å². The summed E-state index contributed by atoms with van der Waals surface area (Å²) in [6.45, 7) is 15.2. The number of anilines is 1. The van der Waals surface area contributed by atoms with Crippen molar-refractivity contribution >= 4 is 16.6 Å². The lowest BCUT2D eigenvalue weighted by atomic mass is 9.95. The fraction of sp³-hybridized carbons (Fsp3) is 0.533. The fourth-order valence-electron chi connectivity index (χ4n) is 6.15. The zero-order chi connectivity index (χ0) is 25.2. The summed E-state index contributed by atoms with van der Waals surface area (Å²) in [5.41, 5.74) is 6.19. The van der Waals surface area contributed by atoms with Crippen molar-refractivity contribution < 1.29 is 9.47 Å². The molecule has 36 heavy (non-hydrogen) atoms. The number of benzene rings is 2. The van der Waals surface area contributed by atoms with Crippen molar-refractivity contribution in [1.29, 1.82) is 0 Å². The van der Waals surface area contributed by atoms with E-state index in [1.165, 1.54) is 73.4 Å². The molecule has 2 aromatic carbocycles. The van der Waals surface area contributed by atoms with Crippen molar-refractivity contribution in [2.45, 2.75) is 45.6 Å². The van der Waals surface area contributed by atoms with Crippen molar-refractivity contribution in [3.05, 3.63) is 42.0 Å². The Hall–Kier alpha value is -2.70. The van der Waals surface area contributed by atoms with Crippen LogP contribution < -0.4 is 14.4 Å². The van der Waals surface area contributed by atoms with Gasteiger partial charge >= 0.3 is 0 Å². The summed E-state index contributed by atoms with van der Waals surface area (Å²) in [5.74, 6) is 1.90. The highest BCUT2D eigenvalue weighted by Gasteiger charge is 2.27. The van der Waals surface area contributed by atoms with E-state index >= 15 is 0 Å². The van der Waals surface area contributed by atoms with Crippen LogP contribution in [0.1, 0.15) is 45.1 Å². The van der Waals surface area contributed by atoms with Gasteiger partial charge in [0.1, 0.15) is 0 Å². The first-order valence-electron chi connectivity index (χ1n) is 13.6. The van der Waals surface area contributed by atoms with Crippen molar-refractivity contribution in [2.24, 2.45) is 0 Å². The number of likely N-dealkylation sites (N-methyl/N-ethyl adjacent to an activating group) is 1. The van der Waals surface area contributed by atoms with Crippen LogP contribution in [-0.2, 0) is 0 Å². The molecule has 0 spiro atoms. The van der Waals surface area contributed by atoms with Gasteiger partial charge in [-0.05, 0) is 67.3 Å². The Kier molecular flexibility index (Phi) is 7.44. The predicted molar refractivity (Wildman–Crippen MR) is 150 cm³/mol. The van der Waals surface area contributed by atoms with Crippen molar-refractivity contribution in [2.75, 3.05) is 64.9 Å². The second-order valence-corrected chi connectivity index (χ2v) is 10.6. The summed E-state index contributed by atoms with van der Waals surface area (Å²) < 4.78 is 11.0. The Labute approximate surface area is 216 Å². The maximum absolute atomic E-state index is 5.58. The van der Waals surface area contributed by atoms with E-state index in [1.54, 1.807) is 14.2 Å². The molecule has 1 aromatic heterocycles. The smallest absolute Gasteiger partial charge is 0.161 e. The molecule has 0 saturated carbocycles. The molecule has 6 nitrogen and oxygen atoms in total. The third kappa shape index (κ3) is 4.81. The number of methoxy groups -OCH3 is 2. The van der Waals surface area contributed by atoms with E-state index in [0.29, 0.717) is 5.92 Å². The average molecular weight is 491 g/mol. The van der Waals surface area contributed by atoms with E-state index in [-0.39, 0.29) is 0 Å². The van der Waals surface area contributed by atoms with Crippen LogP contribution in [0.4, 0.5) is 5.69 Å². The van der Waals surface area contributed by atoms with Gasteiger partial charge in [-0.15, -0.1) is 0 Å². The van der Waals surface area contributed by atoms with Crippen LogP contribution in [0.5, 0.6) is 11.5 Å². The largest absolute Gasteiger partial charge is 0.493 e. The average Bonchev–Trinajstić information content (AvgIpc) is 3.32. The van der Waals surface area contributed by atoms with Gasteiger partial charge in [0.15, 0.2) is 11.5 Å². The molecule has 3 heterocycles. The maximum Gasteiger partial charge on any atom is 0.161 e. The normalized spacial score (nSPS) is 18.3. The van der Waals surface area contributed by atoms with Gasteiger partial charge in [0.25, 0.3) is 0 Å². The lowest BCUT2D eigenvalue weighted by Gasteiger charge is -2.43. The van der Waals surface area contributed by atoms with Gasteiger partial charge in [-0.3, -0.25) is 4.90 Å².